The van der Waals surface area contributed by atoms with Crippen molar-refractivity contribution in [3.05, 3.63) is 48.4 Å². The quantitative estimate of drug-likeness (QED) is 0.800. The van der Waals surface area contributed by atoms with Crippen LogP contribution in [0, 0.1) is 0 Å². The molecule has 6 heteroatoms. The van der Waals surface area contributed by atoms with E-state index in [1.807, 2.05) is 37.5 Å². The molecule has 1 saturated heterocycles. The van der Waals surface area contributed by atoms with Crippen molar-refractivity contribution in [2.75, 3.05) is 44.7 Å². The molecule has 122 valence electrons. The number of ether oxygens (including phenoxy) is 1. The zero-order chi connectivity index (χ0) is 15.9. The summed E-state index contributed by atoms with van der Waals surface area (Å²) >= 11 is 0. The summed E-state index contributed by atoms with van der Waals surface area (Å²) in [7, 11) is 2.03. The van der Waals surface area contributed by atoms with E-state index in [2.05, 4.69) is 31.0 Å². The summed E-state index contributed by atoms with van der Waals surface area (Å²) in [5.41, 5.74) is 1.15. The first-order chi connectivity index (χ1) is 11.3. The van der Waals surface area contributed by atoms with Gasteiger partial charge in [0.2, 0.25) is 0 Å². The largest absolute Gasteiger partial charge is 0.374 e. The van der Waals surface area contributed by atoms with Crippen molar-refractivity contribution in [2.24, 2.45) is 0 Å². The Balaban J connectivity index is 1.48. The third-order valence-corrected chi connectivity index (χ3v) is 4.06. The topological polar surface area (TPSA) is 54.4 Å². The van der Waals surface area contributed by atoms with E-state index in [0.29, 0.717) is 0 Å². The molecular weight excluding hydrogens is 290 g/mol. The molecule has 6 nitrogen and oxygen atoms in total. The molecule has 0 aromatic carbocycles. The number of aromatic nitrogens is 3. The van der Waals surface area contributed by atoms with Gasteiger partial charge in [-0.25, -0.2) is 0 Å². The highest BCUT2D eigenvalue weighted by Gasteiger charge is 2.22. The molecule has 1 aliphatic rings. The van der Waals surface area contributed by atoms with Gasteiger partial charge >= 0.3 is 0 Å². The van der Waals surface area contributed by atoms with Crippen molar-refractivity contribution in [2.45, 2.75) is 12.5 Å². The highest BCUT2D eigenvalue weighted by atomic mass is 16.5. The van der Waals surface area contributed by atoms with Gasteiger partial charge in [-0.15, -0.1) is 5.10 Å². The zero-order valence-corrected chi connectivity index (χ0v) is 13.5. The summed E-state index contributed by atoms with van der Waals surface area (Å²) in [5.74, 6) is 0.877. The number of hydrogen-bond acceptors (Lipinski definition) is 6. The molecule has 0 N–H and O–H groups in total. The lowest BCUT2D eigenvalue weighted by Gasteiger charge is -2.34. The van der Waals surface area contributed by atoms with Crippen LogP contribution in [-0.4, -0.2) is 66.0 Å². The summed E-state index contributed by atoms with van der Waals surface area (Å²) in [6.07, 6.45) is 4.72. The minimum Gasteiger partial charge on any atom is -0.374 e. The van der Waals surface area contributed by atoms with Crippen LogP contribution in [-0.2, 0) is 11.2 Å². The summed E-state index contributed by atoms with van der Waals surface area (Å²) < 4.78 is 5.91. The molecule has 3 heterocycles. The maximum Gasteiger partial charge on any atom is 0.151 e. The Kier molecular flexibility index (Phi) is 5.50. The molecule has 0 saturated carbocycles. The number of morpholine rings is 1. The fraction of sp³-hybridized carbons (Fsp3) is 0.471. The molecule has 0 radical (unpaired) electrons. The van der Waals surface area contributed by atoms with Crippen molar-refractivity contribution < 1.29 is 4.74 Å². The predicted octanol–water partition coefficient (Wildman–Crippen LogP) is 1.25. The first-order valence-electron chi connectivity index (χ1n) is 8.04. The van der Waals surface area contributed by atoms with E-state index in [1.165, 1.54) is 0 Å². The monoisotopic (exact) mass is 313 g/mol. The molecular formula is C17H23N5O. The van der Waals surface area contributed by atoms with Gasteiger partial charge in [0.1, 0.15) is 0 Å². The van der Waals surface area contributed by atoms with E-state index in [1.54, 1.807) is 6.20 Å². The van der Waals surface area contributed by atoms with Crippen LogP contribution in [0.15, 0.2) is 42.7 Å². The summed E-state index contributed by atoms with van der Waals surface area (Å²) in [5, 5.41) is 8.06. The van der Waals surface area contributed by atoms with Crippen LogP contribution in [0.25, 0.3) is 0 Å². The van der Waals surface area contributed by atoms with Crippen LogP contribution < -0.4 is 4.90 Å². The average molecular weight is 313 g/mol. The first kappa shape index (κ1) is 15.8. The van der Waals surface area contributed by atoms with Gasteiger partial charge in [-0.05, 0) is 24.3 Å². The lowest BCUT2D eigenvalue weighted by Crippen LogP contribution is -2.47. The second kappa shape index (κ2) is 7.99. The van der Waals surface area contributed by atoms with Gasteiger partial charge < -0.3 is 9.64 Å². The summed E-state index contributed by atoms with van der Waals surface area (Å²) in [6.45, 7) is 4.54. The van der Waals surface area contributed by atoms with Gasteiger partial charge in [0.15, 0.2) is 5.82 Å². The molecule has 0 bridgehead atoms. The Hall–Kier alpha value is -2.05. The number of anilines is 1. The normalized spacial score (nSPS) is 18.7. The number of pyridine rings is 1. The Bertz CT molecular complexity index is 580. The Morgan fingerprint density at radius 2 is 2.22 bits per heavy atom. The molecule has 1 atom stereocenters. The standard InChI is InChI=1S/C17H23N5O/c1-21(17-6-4-9-19-20-17)13-16-14-22(11-12-23-16)10-7-15-5-2-3-8-18-15/h2-6,8-9,16H,7,10-14H2,1H3. The maximum absolute atomic E-state index is 5.91. The van der Waals surface area contributed by atoms with E-state index < -0.39 is 0 Å². The Morgan fingerprint density at radius 3 is 3.00 bits per heavy atom. The molecule has 1 aliphatic heterocycles. The Labute approximate surface area is 137 Å². The molecule has 23 heavy (non-hydrogen) atoms. The highest BCUT2D eigenvalue weighted by molar-refractivity contribution is 5.35. The molecule has 0 amide bonds. The first-order valence-corrected chi connectivity index (χ1v) is 8.04. The summed E-state index contributed by atoms with van der Waals surface area (Å²) in [6, 6.07) is 9.95. The van der Waals surface area contributed by atoms with E-state index in [0.717, 1.165) is 50.7 Å². The highest BCUT2D eigenvalue weighted by Crippen LogP contribution is 2.11. The van der Waals surface area contributed by atoms with Gasteiger partial charge in [0.05, 0.1) is 12.7 Å². The van der Waals surface area contributed by atoms with Crippen molar-refractivity contribution in [1.82, 2.24) is 20.1 Å². The molecule has 1 unspecified atom stereocenters. The van der Waals surface area contributed by atoms with Crippen LogP contribution in [0.4, 0.5) is 5.82 Å². The SMILES string of the molecule is CN(CC1CN(CCc2ccccn2)CCO1)c1cccnn1. The molecule has 0 spiro atoms. The summed E-state index contributed by atoms with van der Waals surface area (Å²) in [4.78, 5) is 8.94. The number of likely N-dealkylation sites (N-methyl/N-ethyl adjacent to an activating group) is 1. The second-order valence-corrected chi connectivity index (χ2v) is 5.83. The second-order valence-electron chi connectivity index (χ2n) is 5.83. The lowest BCUT2D eigenvalue weighted by molar-refractivity contribution is -0.0231. The van der Waals surface area contributed by atoms with Gasteiger partial charge in [-0.1, -0.05) is 6.07 Å². The van der Waals surface area contributed by atoms with E-state index in [-0.39, 0.29) is 6.10 Å². The molecule has 1 fully saturated rings. The van der Waals surface area contributed by atoms with E-state index >= 15 is 0 Å². The van der Waals surface area contributed by atoms with Crippen LogP contribution >= 0.6 is 0 Å². The lowest BCUT2D eigenvalue weighted by atomic mass is 10.2. The minimum absolute atomic E-state index is 0.194. The fourth-order valence-corrected chi connectivity index (χ4v) is 2.81. The minimum atomic E-state index is 0.194. The van der Waals surface area contributed by atoms with Crippen molar-refractivity contribution in [3.63, 3.8) is 0 Å². The van der Waals surface area contributed by atoms with Crippen molar-refractivity contribution in [1.29, 1.82) is 0 Å². The van der Waals surface area contributed by atoms with Gasteiger partial charge in [-0.3, -0.25) is 9.88 Å². The molecule has 2 aromatic rings. The predicted molar refractivity (Wildman–Crippen MR) is 89.4 cm³/mol. The van der Waals surface area contributed by atoms with Gasteiger partial charge in [-0.2, -0.15) is 5.10 Å². The van der Waals surface area contributed by atoms with Crippen LogP contribution in [0.2, 0.25) is 0 Å². The molecule has 3 rings (SSSR count). The number of hydrogen-bond donors (Lipinski definition) is 0. The third-order valence-electron chi connectivity index (χ3n) is 4.06. The Morgan fingerprint density at radius 1 is 1.26 bits per heavy atom. The number of nitrogens with zero attached hydrogens (tertiary/aromatic N) is 5. The van der Waals surface area contributed by atoms with Crippen LogP contribution in [0.1, 0.15) is 5.69 Å². The fourth-order valence-electron chi connectivity index (χ4n) is 2.81. The average Bonchev–Trinajstić information content (AvgIpc) is 2.62. The zero-order valence-electron chi connectivity index (χ0n) is 13.5. The van der Waals surface area contributed by atoms with Gasteiger partial charge in [0.25, 0.3) is 0 Å². The maximum atomic E-state index is 5.91. The van der Waals surface area contributed by atoms with Crippen molar-refractivity contribution in [3.8, 4) is 0 Å². The smallest absolute Gasteiger partial charge is 0.151 e. The van der Waals surface area contributed by atoms with Crippen molar-refractivity contribution >= 4 is 5.82 Å². The third kappa shape index (κ3) is 4.71. The number of rotatable bonds is 6. The van der Waals surface area contributed by atoms with E-state index in [4.69, 9.17) is 4.74 Å². The van der Waals surface area contributed by atoms with Gasteiger partial charge in [0, 0.05) is 57.7 Å². The van der Waals surface area contributed by atoms with Crippen LogP contribution in [0.5, 0.6) is 0 Å². The van der Waals surface area contributed by atoms with Crippen LogP contribution in [0.3, 0.4) is 0 Å². The molecule has 0 aliphatic carbocycles. The molecule has 2 aromatic heterocycles. The van der Waals surface area contributed by atoms with E-state index in [9.17, 15) is 0 Å².